The van der Waals surface area contributed by atoms with Crippen LogP contribution < -0.4 is 15.2 Å². The molecule has 1 aliphatic heterocycles. The Hall–Kier alpha value is -2.05. The van der Waals surface area contributed by atoms with Crippen molar-refractivity contribution in [1.29, 1.82) is 0 Å². The lowest BCUT2D eigenvalue weighted by atomic mass is 10.2. The molecule has 0 aliphatic carbocycles. The Morgan fingerprint density at radius 2 is 2.09 bits per heavy atom. The van der Waals surface area contributed by atoms with E-state index in [1.54, 1.807) is 11.3 Å². The summed E-state index contributed by atoms with van der Waals surface area (Å²) in [6.45, 7) is 3.82. The molecule has 0 saturated carbocycles. The predicted octanol–water partition coefficient (Wildman–Crippen LogP) is 3.06. The molecular formula is C16H17N3O2S. The number of rotatable bonds is 3. The number of nitrogens with two attached hydrogens (primary N) is 1. The van der Waals surface area contributed by atoms with Crippen LogP contribution in [-0.4, -0.2) is 29.3 Å². The molecule has 0 amide bonds. The number of ether oxygens (including phenoxy) is 2. The first kappa shape index (κ1) is 13.6. The van der Waals surface area contributed by atoms with Crippen LogP contribution in [0.15, 0.2) is 29.6 Å². The van der Waals surface area contributed by atoms with E-state index in [1.165, 1.54) is 0 Å². The lowest BCUT2D eigenvalue weighted by Crippen LogP contribution is -2.17. The molecule has 0 spiro atoms. The van der Waals surface area contributed by atoms with E-state index in [2.05, 4.69) is 22.9 Å². The number of hydrogen-bond acceptors (Lipinski definition) is 5. The number of hydrogen-bond donors (Lipinski definition) is 1. The molecule has 114 valence electrons. The fourth-order valence-electron chi connectivity index (χ4n) is 2.76. The van der Waals surface area contributed by atoms with E-state index in [1.807, 2.05) is 18.2 Å². The summed E-state index contributed by atoms with van der Waals surface area (Å²) in [6, 6.07) is 8.25. The van der Waals surface area contributed by atoms with Gasteiger partial charge in [0.05, 0.1) is 15.9 Å². The molecule has 3 heterocycles. The number of thiophene rings is 1. The van der Waals surface area contributed by atoms with Crippen LogP contribution in [0.3, 0.4) is 0 Å². The van der Waals surface area contributed by atoms with Crippen molar-refractivity contribution in [2.24, 2.45) is 5.73 Å². The lowest BCUT2D eigenvalue weighted by Gasteiger charge is -2.19. The maximum absolute atomic E-state index is 5.91. The van der Waals surface area contributed by atoms with Gasteiger partial charge in [-0.15, -0.1) is 11.3 Å². The number of aromatic nitrogens is 2. The standard InChI is InChI=1S/C16H17N3O2S/c1-10(9-17)19-12-8-14-13(20-4-5-21-14)7-11(12)18-16(19)15-3-2-6-22-15/h2-3,6-8,10H,4-5,9,17H2,1H3. The molecule has 3 aromatic rings. The molecular weight excluding hydrogens is 298 g/mol. The lowest BCUT2D eigenvalue weighted by molar-refractivity contribution is 0.172. The van der Waals surface area contributed by atoms with Crippen LogP contribution >= 0.6 is 11.3 Å². The van der Waals surface area contributed by atoms with Crippen LogP contribution in [0.1, 0.15) is 13.0 Å². The van der Waals surface area contributed by atoms with Gasteiger partial charge in [-0.3, -0.25) is 0 Å². The second-order valence-electron chi connectivity index (χ2n) is 5.35. The quantitative estimate of drug-likeness (QED) is 0.807. The van der Waals surface area contributed by atoms with Crippen molar-refractivity contribution in [1.82, 2.24) is 9.55 Å². The molecule has 4 rings (SSSR count). The Labute approximate surface area is 132 Å². The minimum absolute atomic E-state index is 0.157. The van der Waals surface area contributed by atoms with Crippen molar-refractivity contribution in [2.45, 2.75) is 13.0 Å². The van der Waals surface area contributed by atoms with Gasteiger partial charge < -0.3 is 19.8 Å². The van der Waals surface area contributed by atoms with Gasteiger partial charge in [-0.05, 0) is 18.4 Å². The van der Waals surface area contributed by atoms with Crippen molar-refractivity contribution in [3.63, 3.8) is 0 Å². The van der Waals surface area contributed by atoms with Gasteiger partial charge in [0.15, 0.2) is 17.3 Å². The molecule has 0 saturated heterocycles. The molecule has 0 bridgehead atoms. The van der Waals surface area contributed by atoms with Crippen LogP contribution in [0.4, 0.5) is 0 Å². The maximum atomic E-state index is 5.91. The van der Waals surface area contributed by atoms with Gasteiger partial charge in [-0.25, -0.2) is 4.98 Å². The zero-order chi connectivity index (χ0) is 15.1. The van der Waals surface area contributed by atoms with E-state index in [0.717, 1.165) is 33.2 Å². The smallest absolute Gasteiger partial charge is 0.163 e. The molecule has 22 heavy (non-hydrogen) atoms. The highest BCUT2D eigenvalue weighted by Crippen LogP contribution is 2.38. The molecule has 1 atom stereocenters. The van der Waals surface area contributed by atoms with Gasteiger partial charge in [0.1, 0.15) is 13.2 Å². The van der Waals surface area contributed by atoms with Crippen molar-refractivity contribution in [3.8, 4) is 22.2 Å². The van der Waals surface area contributed by atoms with Gasteiger partial charge in [0.25, 0.3) is 0 Å². The van der Waals surface area contributed by atoms with Crippen molar-refractivity contribution in [2.75, 3.05) is 19.8 Å². The second-order valence-corrected chi connectivity index (χ2v) is 6.30. The van der Waals surface area contributed by atoms with Gasteiger partial charge in [0.2, 0.25) is 0 Å². The Balaban J connectivity index is 1.98. The summed E-state index contributed by atoms with van der Waals surface area (Å²) in [7, 11) is 0. The Morgan fingerprint density at radius 3 is 2.77 bits per heavy atom. The Bertz CT molecular complexity index is 811. The molecule has 1 aliphatic rings. The molecule has 1 aromatic carbocycles. The predicted molar refractivity (Wildman–Crippen MR) is 87.8 cm³/mol. The van der Waals surface area contributed by atoms with Crippen LogP contribution in [0.2, 0.25) is 0 Å². The highest BCUT2D eigenvalue weighted by Gasteiger charge is 2.21. The highest BCUT2D eigenvalue weighted by atomic mass is 32.1. The third-order valence-corrected chi connectivity index (χ3v) is 4.74. The Kier molecular flexibility index (Phi) is 3.28. The summed E-state index contributed by atoms with van der Waals surface area (Å²) in [6.07, 6.45) is 0. The summed E-state index contributed by atoms with van der Waals surface area (Å²) in [5, 5.41) is 2.06. The minimum atomic E-state index is 0.157. The summed E-state index contributed by atoms with van der Waals surface area (Å²) in [5.74, 6) is 2.49. The van der Waals surface area contributed by atoms with Crippen molar-refractivity contribution < 1.29 is 9.47 Å². The molecule has 5 nitrogen and oxygen atoms in total. The second kappa shape index (κ2) is 5.30. The summed E-state index contributed by atoms with van der Waals surface area (Å²) in [5.41, 5.74) is 7.86. The molecule has 0 radical (unpaired) electrons. The fraction of sp³-hybridized carbons (Fsp3) is 0.312. The van der Waals surface area contributed by atoms with Crippen LogP contribution in [0.5, 0.6) is 11.5 Å². The zero-order valence-electron chi connectivity index (χ0n) is 12.3. The Morgan fingerprint density at radius 1 is 1.32 bits per heavy atom. The molecule has 0 fully saturated rings. The number of imidazole rings is 1. The molecule has 2 N–H and O–H groups in total. The van der Waals surface area contributed by atoms with E-state index in [0.29, 0.717) is 19.8 Å². The highest BCUT2D eigenvalue weighted by molar-refractivity contribution is 7.13. The molecule has 1 unspecified atom stereocenters. The number of benzene rings is 1. The summed E-state index contributed by atoms with van der Waals surface area (Å²) >= 11 is 1.68. The first-order valence-electron chi connectivity index (χ1n) is 7.33. The molecule has 6 heteroatoms. The summed E-state index contributed by atoms with van der Waals surface area (Å²) < 4.78 is 13.6. The van der Waals surface area contributed by atoms with E-state index in [-0.39, 0.29) is 6.04 Å². The van der Waals surface area contributed by atoms with Crippen molar-refractivity contribution in [3.05, 3.63) is 29.6 Å². The topological polar surface area (TPSA) is 62.3 Å². The zero-order valence-corrected chi connectivity index (χ0v) is 13.1. The average Bonchev–Trinajstić information content (AvgIpc) is 3.19. The maximum Gasteiger partial charge on any atom is 0.163 e. The summed E-state index contributed by atoms with van der Waals surface area (Å²) in [4.78, 5) is 5.95. The van der Waals surface area contributed by atoms with Crippen LogP contribution in [-0.2, 0) is 0 Å². The van der Waals surface area contributed by atoms with Gasteiger partial charge >= 0.3 is 0 Å². The minimum Gasteiger partial charge on any atom is -0.486 e. The third-order valence-electron chi connectivity index (χ3n) is 3.88. The monoisotopic (exact) mass is 315 g/mol. The van der Waals surface area contributed by atoms with Gasteiger partial charge in [-0.1, -0.05) is 6.07 Å². The molecule has 2 aromatic heterocycles. The van der Waals surface area contributed by atoms with Crippen LogP contribution in [0.25, 0.3) is 21.7 Å². The largest absolute Gasteiger partial charge is 0.486 e. The first-order chi connectivity index (χ1) is 10.8. The van der Waals surface area contributed by atoms with E-state index >= 15 is 0 Å². The third kappa shape index (κ3) is 2.07. The van der Waals surface area contributed by atoms with Gasteiger partial charge in [0, 0.05) is 24.7 Å². The fourth-order valence-corrected chi connectivity index (χ4v) is 3.47. The normalized spacial score (nSPS) is 15.2. The van der Waals surface area contributed by atoms with E-state index in [9.17, 15) is 0 Å². The SMILES string of the molecule is CC(CN)n1c(-c2cccs2)nc2cc3c(cc21)OCCO3. The van der Waals surface area contributed by atoms with E-state index in [4.69, 9.17) is 20.2 Å². The number of fused-ring (bicyclic) bond motifs is 2. The number of nitrogens with zero attached hydrogens (tertiary/aromatic N) is 2. The van der Waals surface area contributed by atoms with Crippen molar-refractivity contribution >= 4 is 22.4 Å². The van der Waals surface area contributed by atoms with E-state index < -0.39 is 0 Å². The van der Waals surface area contributed by atoms with Gasteiger partial charge in [-0.2, -0.15) is 0 Å². The average molecular weight is 315 g/mol. The first-order valence-corrected chi connectivity index (χ1v) is 8.21. The van der Waals surface area contributed by atoms with Crippen LogP contribution in [0, 0.1) is 0 Å².